The van der Waals surface area contributed by atoms with Crippen LogP contribution in [-0.4, -0.2) is 55.0 Å². The first-order valence-electron chi connectivity index (χ1n) is 7.26. The number of carbonyl (C=O) groups excluding carboxylic acids is 1. The van der Waals surface area contributed by atoms with E-state index >= 15 is 0 Å². The molecule has 2 unspecified atom stereocenters. The van der Waals surface area contributed by atoms with Gasteiger partial charge in [0.1, 0.15) is 0 Å². The number of nitrogens with zero attached hydrogens (tertiary/aromatic N) is 2. The van der Waals surface area contributed by atoms with E-state index in [4.69, 9.17) is 5.73 Å². The molecule has 1 amide bonds. The second kappa shape index (κ2) is 7.74. The molecule has 106 valence electrons. The number of carbonyl (C=O) groups is 1. The van der Waals surface area contributed by atoms with Gasteiger partial charge in [-0.15, -0.1) is 0 Å². The molecule has 0 aromatic heterocycles. The maximum absolute atomic E-state index is 11.9. The van der Waals surface area contributed by atoms with Crippen molar-refractivity contribution in [2.75, 3.05) is 27.2 Å². The predicted octanol–water partition coefficient (Wildman–Crippen LogP) is 1.45. The van der Waals surface area contributed by atoms with Crippen molar-refractivity contribution in [1.29, 1.82) is 0 Å². The lowest BCUT2D eigenvalue weighted by atomic mass is 10.0. The highest BCUT2D eigenvalue weighted by molar-refractivity contribution is 5.76. The SMILES string of the molecule is CCC1CCCCCN1C(CN)CC(=O)N(C)C. The first-order valence-corrected chi connectivity index (χ1v) is 7.26. The van der Waals surface area contributed by atoms with Crippen molar-refractivity contribution in [3.05, 3.63) is 0 Å². The number of hydrogen-bond donors (Lipinski definition) is 1. The molecule has 1 rings (SSSR count). The van der Waals surface area contributed by atoms with E-state index in [2.05, 4.69) is 11.8 Å². The van der Waals surface area contributed by atoms with Crippen LogP contribution in [0.25, 0.3) is 0 Å². The van der Waals surface area contributed by atoms with E-state index in [0.717, 1.165) is 13.0 Å². The second-order valence-corrected chi connectivity index (χ2v) is 5.53. The highest BCUT2D eigenvalue weighted by Gasteiger charge is 2.27. The van der Waals surface area contributed by atoms with Crippen LogP contribution in [0.5, 0.6) is 0 Å². The van der Waals surface area contributed by atoms with E-state index in [1.165, 1.54) is 25.7 Å². The summed E-state index contributed by atoms with van der Waals surface area (Å²) in [6.07, 6.45) is 6.83. The van der Waals surface area contributed by atoms with Gasteiger partial charge in [-0.25, -0.2) is 0 Å². The molecule has 1 heterocycles. The summed E-state index contributed by atoms with van der Waals surface area (Å²) in [6, 6.07) is 0.818. The topological polar surface area (TPSA) is 49.6 Å². The molecule has 0 spiro atoms. The molecule has 4 heteroatoms. The average Bonchev–Trinajstić information content (AvgIpc) is 2.60. The summed E-state index contributed by atoms with van der Waals surface area (Å²) in [6.45, 7) is 3.92. The summed E-state index contributed by atoms with van der Waals surface area (Å²) in [7, 11) is 3.63. The summed E-state index contributed by atoms with van der Waals surface area (Å²) in [5, 5.41) is 0. The van der Waals surface area contributed by atoms with Crippen LogP contribution in [0.4, 0.5) is 0 Å². The third-order valence-electron chi connectivity index (χ3n) is 4.04. The van der Waals surface area contributed by atoms with Crippen LogP contribution >= 0.6 is 0 Å². The fourth-order valence-electron chi connectivity index (χ4n) is 2.84. The summed E-state index contributed by atoms with van der Waals surface area (Å²) < 4.78 is 0. The van der Waals surface area contributed by atoms with Crippen molar-refractivity contribution >= 4 is 5.91 Å². The van der Waals surface area contributed by atoms with E-state index in [-0.39, 0.29) is 11.9 Å². The second-order valence-electron chi connectivity index (χ2n) is 5.53. The summed E-state index contributed by atoms with van der Waals surface area (Å²) in [4.78, 5) is 16.0. The van der Waals surface area contributed by atoms with Gasteiger partial charge in [-0.05, 0) is 25.8 Å². The fraction of sp³-hybridized carbons (Fsp3) is 0.929. The number of rotatable bonds is 5. The zero-order valence-corrected chi connectivity index (χ0v) is 12.2. The molecule has 2 N–H and O–H groups in total. The van der Waals surface area contributed by atoms with Gasteiger partial charge in [0.25, 0.3) is 0 Å². The molecule has 0 aromatic rings. The smallest absolute Gasteiger partial charge is 0.223 e. The van der Waals surface area contributed by atoms with Gasteiger partial charge in [-0.3, -0.25) is 9.69 Å². The summed E-state index contributed by atoms with van der Waals surface area (Å²) in [5.41, 5.74) is 5.91. The zero-order valence-electron chi connectivity index (χ0n) is 12.2. The number of amides is 1. The van der Waals surface area contributed by atoms with Gasteiger partial charge >= 0.3 is 0 Å². The Morgan fingerprint density at radius 2 is 2.11 bits per heavy atom. The highest BCUT2D eigenvalue weighted by Crippen LogP contribution is 2.22. The molecular weight excluding hydrogens is 226 g/mol. The molecule has 1 saturated heterocycles. The van der Waals surface area contributed by atoms with Gasteiger partial charge in [0.05, 0.1) is 0 Å². The number of nitrogens with two attached hydrogens (primary N) is 1. The van der Waals surface area contributed by atoms with E-state index in [0.29, 0.717) is 19.0 Å². The Bertz CT molecular complexity index is 255. The van der Waals surface area contributed by atoms with Gasteiger partial charge in [0, 0.05) is 39.1 Å². The molecule has 4 nitrogen and oxygen atoms in total. The van der Waals surface area contributed by atoms with Gasteiger partial charge in [-0.1, -0.05) is 19.8 Å². The zero-order chi connectivity index (χ0) is 13.5. The standard InChI is InChI=1S/C14H29N3O/c1-4-12-8-6-5-7-9-17(12)13(11-15)10-14(18)16(2)3/h12-13H,4-11,15H2,1-3H3. The largest absolute Gasteiger partial charge is 0.349 e. The van der Waals surface area contributed by atoms with Crippen molar-refractivity contribution < 1.29 is 4.79 Å². The quantitative estimate of drug-likeness (QED) is 0.809. The molecule has 2 atom stereocenters. The molecular formula is C14H29N3O. The minimum Gasteiger partial charge on any atom is -0.349 e. The molecule has 1 aliphatic heterocycles. The lowest BCUT2D eigenvalue weighted by Crippen LogP contribution is -2.48. The van der Waals surface area contributed by atoms with Crippen LogP contribution in [0.15, 0.2) is 0 Å². The molecule has 0 bridgehead atoms. The van der Waals surface area contributed by atoms with E-state index in [9.17, 15) is 4.79 Å². The van der Waals surface area contributed by atoms with Crippen molar-refractivity contribution in [1.82, 2.24) is 9.80 Å². The molecule has 0 aliphatic carbocycles. The van der Waals surface area contributed by atoms with Gasteiger partial charge in [-0.2, -0.15) is 0 Å². The van der Waals surface area contributed by atoms with Crippen molar-refractivity contribution in [2.45, 2.75) is 57.5 Å². The molecule has 0 radical (unpaired) electrons. The van der Waals surface area contributed by atoms with Gasteiger partial charge in [0.2, 0.25) is 5.91 Å². The maximum atomic E-state index is 11.9. The van der Waals surface area contributed by atoms with Crippen LogP contribution in [0.3, 0.4) is 0 Å². The Kier molecular flexibility index (Phi) is 6.65. The number of hydrogen-bond acceptors (Lipinski definition) is 3. The normalized spacial score (nSPS) is 23.4. The van der Waals surface area contributed by atoms with Gasteiger partial charge in [0.15, 0.2) is 0 Å². The first-order chi connectivity index (χ1) is 8.60. The Morgan fingerprint density at radius 3 is 2.67 bits per heavy atom. The van der Waals surface area contributed by atoms with Crippen molar-refractivity contribution in [2.24, 2.45) is 5.73 Å². The third kappa shape index (κ3) is 4.25. The van der Waals surface area contributed by atoms with Crippen molar-refractivity contribution in [3.63, 3.8) is 0 Å². The van der Waals surface area contributed by atoms with Crippen LogP contribution in [0, 0.1) is 0 Å². The highest BCUT2D eigenvalue weighted by atomic mass is 16.2. The molecule has 0 aromatic carbocycles. The lowest BCUT2D eigenvalue weighted by molar-refractivity contribution is -0.130. The Balaban J connectivity index is 2.67. The van der Waals surface area contributed by atoms with Crippen LogP contribution < -0.4 is 5.73 Å². The molecule has 1 fully saturated rings. The predicted molar refractivity (Wildman–Crippen MR) is 75.4 cm³/mol. The van der Waals surface area contributed by atoms with Crippen LogP contribution in [0.1, 0.15) is 45.4 Å². The molecule has 18 heavy (non-hydrogen) atoms. The van der Waals surface area contributed by atoms with Crippen molar-refractivity contribution in [3.8, 4) is 0 Å². The van der Waals surface area contributed by atoms with Crippen LogP contribution in [0.2, 0.25) is 0 Å². The monoisotopic (exact) mass is 255 g/mol. The Labute approximate surface area is 111 Å². The van der Waals surface area contributed by atoms with E-state index in [1.807, 2.05) is 14.1 Å². The minimum atomic E-state index is 0.185. The van der Waals surface area contributed by atoms with E-state index in [1.54, 1.807) is 4.90 Å². The lowest BCUT2D eigenvalue weighted by Gasteiger charge is -2.36. The Morgan fingerprint density at radius 1 is 1.39 bits per heavy atom. The Hall–Kier alpha value is -0.610. The minimum absolute atomic E-state index is 0.185. The summed E-state index contributed by atoms with van der Waals surface area (Å²) in [5.74, 6) is 0.185. The molecule has 0 saturated carbocycles. The first kappa shape index (κ1) is 15.4. The average molecular weight is 255 g/mol. The van der Waals surface area contributed by atoms with E-state index < -0.39 is 0 Å². The fourth-order valence-corrected chi connectivity index (χ4v) is 2.84. The number of likely N-dealkylation sites (tertiary alicyclic amines) is 1. The van der Waals surface area contributed by atoms with Crippen LogP contribution in [-0.2, 0) is 4.79 Å². The summed E-state index contributed by atoms with van der Waals surface area (Å²) >= 11 is 0. The molecule has 1 aliphatic rings. The maximum Gasteiger partial charge on any atom is 0.223 e. The van der Waals surface area contributed by atoms with Gasteiger partial charge < -0.3 is 10.6 Å². The third-order valence-corrected chi connectivity index (χ3v) is 4.04.